The SMILES string of the molecule is CC(C)(C)c1cccc(Oc2ccc(Cl)c(CO)n2)c1. The van der Waals surface area contributed by atoms with Gasteiger partial charge in [0.2, 0.25) is 5.88 Å². The number of rotatable bonds is 3. The molecule has 0 saturated carbocycles. The third-order valence-corrected chi connectivity index (χ3v) is 3.31. The summed E-state index contributed by atoms with van der Waals surface area (Å²) in [7, 11) is 0. The van der Waals surface area contributed by atoms with Gasteiger partial charge >= 0.3 is 0 Å². The van der Waals surface area contributed by atoms with Crippen LogP contribution in [-0.4, -0.2) is 10.1 Å². The number of aromatic nitrogens is 1. The van der Waals surface area contributed by atoms with E-state index < -0.39 is 0 Å². The minimum atomic E-state index is -0.210. The van der Waals surface area contributed by atoms with Gasteiger partial charge in [0.25, 0.3) is 0 Å². The largest absolute Gasteiger partial charge is 0.439 e. The Labute approximate surface area is 124 Å². The maximum atomic E-state index is 9.16. The first-order valence-corrected chi connectivity index (χ1v) is 6.82. The number of pyridine rings is 1. The summed E-state index contributed by atoms with van der Waals surface area (Å²) in [6.07, 6.45) is 0. The minimum absolute atomic E-state index is 0.0586. The summed E-state index contributed by atoms with van der Waals surface area (Å²) < 4.78 is 5.73. The van der Waals surface area contributed by atoms with Crippen molar-refractivity contribution >= 4 is 11.6 Å². The molecule has 0 bridgehead atoms. The van der Waals surface area contributed by atoms with E-state index in [0.717, 1.165) is 5.75 Å². The molecule has 0 aliphatic heterocycles. The highest BCUT2D eigenvalue weighted by atomic mass is 35.5. The predicted octanol–water partition coefficient (Wildman–Crippen LogP) is 4.32. The molecule has 0 fully saturated rings. The molecule has 2 rings (SSSR count). The molecule has 1 heterocycles. The first-order valence-electron chi connectivity index (χ1n) is 6.45. The van der Waals surface area contributed by atoms with Crippen LogP contribution in [0.4, 0.5) is 0 Å². The van der Waals surface area contributed by atoms with Crippen molar-refractivity contribution in [1.29, 1.82) is 0 Å². The van der Waals surface area contributed by atoms with Crippen molar-refractivity contribution in [2.24, 2.45) is 0 Å². The van der Waals surface area contributed by atoms with Crippen LogP contribution in [0.3, 0.4) is 0 Å². The van der Waals surface area contributed by atoms with Crippen LogP contribution in [0.5, 0.6) is 11.6 Å². The van der Waals surface area contributed by atoms with Crippen LogP contribution in [-0.2, 0) is 12.0 Å². The molecule has 0 saturated heterocycles. The quantitative estimate of drug-likeness (QED) is 0.916. The molecule has 0 aliphatic rings. The van der Waals surface area contributed by atoms with E-state index in [1.165, 1.54) is 5.56 Å². The average Bonchev–Trinajstić information content (AvgIpc) is 2.40. The van der Waals surface area contributed by atoms with Gasteiger partial charge in [0.05, 0.1) is 17.3 Å². The fraction of sp³-hybridized carbons (Fsp3) is 0.312. The highest BCUT2D eigenvalue weighted by Crippen LogP contribution is 2.28. The highest BCUT2D eigenvalue weighted by molar-refractivity contribution is 6.31. The second kappa shape index (κ2) is 5.81. The third-order valence-electron chi connectivity index (χ3n) is 2.97. The number of ether oxygens (including phenoxy) is 1. The summed E-state index contributed by atoms with van der Waals surface area (Å²) in [5, 5.41) is 9.59. The number of aliphatic hydroxyl groups excluding tert-OH is 1. The number of hydrogen-bond acceptors (Lipinski definition) is 3. The van der Waals surface area contributed by atoms with Gasteiger partial charge in [0, 0.05) is 6.07 Å². The molecular formula is C16H18ClNO2. The summed E-state index contributed by atoms with van der Waals surface area (Å²) >= 11 is 5.91. The third kappa shape index (κ3) is 3.50. The fourth-order valence-corrected chi connectivity index (χ4v) is 1.94. The number of aliphatic hydroxyl groups is 1. The lowest BCUT2D eigenvalue weighted by Crippen LogP contribution is -2.10. The monoisotopic (exact) mass is 291 g/mol. The van der Waals surface area contributed by atoms with Gasteiger partial charge in [-0.25, -0.2) is 4.98 Å². The molecule has 3 nitrogen and oxygen atoms in total. The maximum Gasteiger partial charge on any atom is 0.219 e. The molecule has 0 atom stereocenters. The van der Waals surface area contributed by atoms with Gasteiger partial charge in [-0.1, -0.05) is 44.5 Å². The first kappa shape index (κ1) is 14.8. The van der Waals surface area contributed by atoms with Crippen LogP contribution in [0.15, 0.2) is 36.4 Å². The predicted molar refractivity (Wildman–Crippen MR) is 80.4 cm³/mol. The summed E-state index contributed by atoms with van der Waals surface area (Å²) in [6.45, 7) is 6.24. The normalized spacial score (nSPS) is 11.4. The molecule has 4 heteroatoms. The van der Waals surface area contributed by atoms with Crippen LogP contribution < -0.4 is 4.74 Å². The van der Waals surface area contributed by atoms with Crippen LogP contribution in [0.2, 0.25) is 5.02 Å². The Morgan fingerprint density at radius 3 is 2.60 bits per heavy atom. The van der Waals surface area contributed by atoms with Gasteiger partial charge in [-0.2, -0.15) is 0 Å². The number of benzene rings is 1. The van der Waals surface area contributed by atoms with Crippen molar-refractivity contribution in [2.45, 2.75) is 32.8 Å². The van der Waals surface area contributed by atoms with E-state index in [2.05, 4.69) is 31.8 Å². The zero-order chi connectivity index (χ0) is 14.8. The second-order valence-corrected chi connectivity index (χ2v) is 6.02. The molecule has 0 radical (unpaired) electrons. The Bertz CT molecular complexity index is 606. The number of hydrogen-bond donors (Lipinski definition) is 1. The molecule has 1 N–H and O–H groups in total. The van der Waals surface area contributed by atoms with E-state index in [0.29, 0.717) is 16.6 Å². The molecule has 106 valence electrons. The van der Waals surface area contributed by atoms with Crippen molar-refractivity contribution in [3.63, 3.8) is 0 Å². The lowest BCUT2D eigenvalue weighted by atomic mass is 9.87. The van der Waals surface area contributed by atoms with Gasteiger partial charge in [-0.15, -0.1) is 0 Å². The zero-order valence-corrected chi connectivity index (χ0v) is 12.6. The molecule has 0 amide bonds. The first-order chi connectivity index (χ1) is 9.40. The van der Waals surface area contributed by atoms with Crippen LogP contribution >= 0.6 is 11.6 Å². The molecule has 0 spiro atoms. The molecular weight excluding hydrogens is 274 g/mol. The smallest absolute Gasteiger partial charge is 0.219 e. The second-order valence-electron chi connectivity index (χ2n) is 5.62. The van der Waals surface area contributed by atoms with E-state index in [1.54, 1.807) is 12.1 Å². The number of halogens is 1. The molecule has 1 aromatic heterocycles. The minimum Gasteiger partial charge on any atom is -0.439 e. The van der Waals surface area contributed by atoms with Crippen LogP contribution in [0.25, 0.3) is 0 Å². The Morgan fingerprint density at radius 1 is 1.20 bits per heavy atom. The molecule has 1 aromatic carbocycles. The Balaban J connectivity index is 2.26. The molecule has 0 unspecified atom stereocenters. The lowest BCUT2D eigenvalue weighted by Gasteiger charge is -2.19. The topological polar surface area (TPSA) is 42.4 Å². The maximum absolute atomic E-state index is 9.16. The van der Waals surface area contributed by atoms with Crippen LogP contribution in [0.1, 0.15) is 32.0 Å². The summed E-state index contributed by atoms with van der Waals surface area (Å²) in [4.78, 5) is 4.17. The van der Waals surface area contributed by atoms with Crippen molar-refractivity contribution in [3.05, 3.63) is 52.7 Å². The van der Waals surface area contributed by atoms with Gasteiger partial charge in [0.1, 0.15) is 5.75 Å². The summed E-state index contributed by atoms with van der Waals surface area (Å²) in [5.74, 6) is 1.14. The van der Waals surface area contributed by atoms with E-state index in [9.17, 15) is 0 Å². The molecule has 2 aromatic rings. The average molecular weight is 292 g/mol. The Morgan fingerprint density at radius 2 is 1.95 bits per heavy atom. The Hall–Kier alpha value is -1.58. The van der Waals surface area contributed by atoms with E-state index in [1.807, 2.05) is 18.2 Å². The summed E-state index contributed by atoms with van der Waals surface area (Å²) in [5.41, 5.74) is 1.66. The fourth-order valence-electron chi connectivity index (χ4n) is 1.78. The number of nitrogens with zero attached hydrogens (tertiary/aromatic N) is 1. The lowest BCUT2D eigenvalue weighted by molar-refractivity contribution is 0.275. The van der Waals surface area contributed by atoms with Gasteiger partial charge in [-0.05, 0) is 29.2 Å². The van der Waals surface area contributed by atoms with Gasteiger partial charge < -0.3 is 9.84 Å². The zero-order valence-electron chi connectivity index (χ0n) is 11.9. The standard InChI is InChI=1S/C16H18ClNO2/c1-16(2,3)11-5-4-6-12(9-11)20-15-8-7-13(17)14(10-19)18-15/h4-9,19H,10H2,1-3H3. The Kier molecular flexibility index (Phi) is 4.31. The molecule has 20 heavy (non-hydrogen) atoms. The molecule has 0 aliphatic carbocycles. The van der Waals surface area contributed by atoms with Crippen molar-refractivity contribution in [1.82, 2.24) is 4.98 Å². The van der Waals surface area contributed by atoms with E-state index >= 15 is 0 Å². The highest BCUT2D eigenvalue weighted by Gasteiger charge is 2.14. The van der Waals surface area contributed by atoms with Gasteiger partial charge in [0.15, 0.2) is 0 Å². The van der Waals surface area contributed by atoms with Crippen molar-refractivity contribution in [2.75, 3.05) is 0 Å². The van der Waals surface area contributed by atoms with Crippen LogP contribution in [0, 0.1) is 0 Å². The van der Waals surface area contributed by atoms with E-state index in [4.69, 9.17) is 21.4 Å². The van der Waals surface area contributed by atoms with Crippen molar-refractivity contribution in [3.8, 4) is 11.6 Å². The van der Waals surface area contributed by atoms with Gasteiger partial charge in [-0.3, -0.25) is 0 Å². The summed E-state index contributed by atoms with van der Waals surface area (Å²) in [6, 6.07) is 11.3. The van der Waals surface area contributed by atoms with Crippen molar-refractivity contribution < 1.29 is 9.84 Å². The van der Waals surface area contributed by atoms with E-state index in [-0.39, 0.29) is 12.0 Å².